The van der Waals surface area contributed by atoms with Gasteiger partial charge in [0.2, 0.25) is 0 Å². The van der Waals surface area contributed by atoms with E-state index in [1.807, 2.05) is 7.05 Å². The van der Waals surface area contributed by atoms with Crippen LogP contribution in [0.2, 0.25) is 0 Å². The molecule has 1 aliphatic rings. The van der Waals surface area contributed by atoms with Crippen molar-refractivity contribution >= 4 is 0 Å². The van der Waals surface area contributed by atoms with E-state index in [1.165, 1.54) is 0 Å². The largest absolute Gasteiger partial charge is 0.394 e. The molecule has 2 atom stereocenters. The predicted molar refractivity (Wildman–Crippen MR) is 34.0 cm³/mol. The van der Waals surface area contributed by atoms with Gasteiger partial charge >= 0.3 is 0 Å². The van der Waals surface area contributed by atoms with Crippen LogP contribution in [0, 0.1) is 0 Å². The Morgan fingerprint density at radius 1 is 1.67 bits per heavy atom. The highest BCUT2D eigenvalue weighted by Gasteiger charge is 2.22. The molecule has 0 radical (unpaired) electrons. The van der Waals surface area contributed by atoms with Crippen molar-refractivity contribution in [1.82, 2.24) is 5.32 Å². The van der Waals surface area contributed by atoms with Crippen LogP contribution >= 0.6 is 0 Å². The van der Waals surface area contributed by atoms with E-state index in [1.54, 1.807) is 0 Å². The van der Waals surface area contributed by atoms with Crippen LogP contribution in [0.15, 0.2) is 0 Å². The van der Waals surface area contributed by atoms with Gasteiger partial charge in [-0.15, -0.1) is 0 Å². The number of rotatable bonds is 2. The molecule has 3 nitrogen and oxygen atoms in total. The highest BCUT2D eigenvalue weighted by molar-refractivity contribution is 4.69. The second kappa shape index (κ2) is 3.15. The van der Waals surface area contributed by atoms with Gasteiger partial charge in [0.1, 0.15) is 6.23 Å². The minimum Gasteiger partial charge on any atom is -0.394 e. The topological polar surface area (TPSA) is 41.5 Å². The highest BCUT2D eigenvalue weighted by atomic mass is 16.5. The molecule has 0 aromatic carbocycles. The fourth-order valence-corrected chi connectivity index (χ4v) is 1.05. The molecule has 0 aromatic rings. The normalized spacial score (nSPS) is 35.3. The summed E-state index contributed by atoms with van der Waals surface area (Å²) in [7, 11) is 1.87. The standard InChI is InChI=1S/C6H13NO2/c1-7-6-3-2-5(4-8)9-6/h5-8H,2-4H2,1H3. The summed E-state index contributed by atoms with van der Waals surface area (Å²) < 4.78 is 5.30. The van der Waals surface area contributed by atoms with Gasteiger partial charge in [0.15, 0.2) is 0 Å². The number of hydrogen-bond acceptors (Lipinski definition) is 3. The molecule has 1 rings (SSSR count). The molecule has 2 N–H and O–H groups in total. The molecule has 54 valence electrons. The molecule has 0 spiro atoms. The van der Waals surface area contributed by atoms with Crippen molar-refractivity contribution in [1.29, 1.82) is 0 Å². The van der Waals surface area contributed by atoms with Crippen LogP contribution in [-0.2, 0) is 4.74 Å². The van der Waals surface area contributed by atoms with E-state index in [0.717, 1.165) is 12.8 Å². The fourth-order valence-electron chi connectivity index (χ4n) is 1.05. The molecule has 3 heteroatoms. The van der Waals surface area contributed by atoms with Gasteiger partial charge in [0, 0.05) is 0 Å². The Morgan fingerprint density at radius 3 is 2.78 bits per heavy atom. The first-order valence-corrected chi connectivity index (χ1v) is 3.30. The molecule has 9 heavy (non-hydrogen) atoms. The lowest BCUT2D eigenvalue weighted by atomic mass is 10.2. The lowest BCUT2D eigenvalue weighted by molar-refractivity contribution is 0.000623. The summed E-state index contributed by atoms with van der Waals surface area (Å²) in [5.74, 6) is 0. The van der Waals surface area contributed by atoms with E-state index in [4.69, 9.17) is 9.84 Å². The number of ether oxygens (including phenoxy) is 1. The van der Waals surface area contributed by atoms with Crippen LogP contribution in [0.25, 0.3) is 0 Å². The molecule has 0 aliphatic carbocycles. The van der Waals surface area contributed by atoms with Gasteiger partial charge in [-0.1, -0.05) is 0 Å². The average Bonchev–Trinajstić information content (AvgIpc) is 2.34. The zero-order valence-corrected chi connectivity index (χ0v) is 5.63. The Labute approximate surface area is 55.0 Å². The summed E-state index contributed by atoms with van der Waals surface area (Å²) in [6, 6.07) is 0. The SMILES string of the molecule is CNC1CCC(CO)O1. The van der Waals surface area contributed by atoms with Crippen molar-refractivity contribution in [3.8, 4) is 0 Å². The Hall–Kier alpha value is -0.120. The van der Waals surface area contributed by atoms with Crippen LogP contribution < -0.4 is 5.32 Å². The van der Waals surface area contributed by atoms with Crippen molar-refractivity contribution in [3.05, 3.63) is 0 Å². The van der Waals surface area contributed by atoms with Gasteiger partial charge in [-0.25, -0.2) is 0 Å². The smallest absolute Gasteiger partial charge is 0.108 e. The lowest BCUT2D eigenvalue weighted by Crippen LogP contribution is -2.25. The van der Waals surface area contributed by atoms with E-state index < -0.39 is 0 Å². The molecule has 0 bridgehead atoms. The quantitative estimate of drug-likeness (QED) is 0.540. The van der Waals surface area contributed by atoms with Gasteiger partial charge < -0.3 is 9.84 Å². The lowest BCUT2D eigenvalue weighted by Gasteiger charge is -2.09. The third kappa shape index (κ3) is 1.64. The van der Waals surface area contributed by atoms with Gasteiger partial charge in [-0.3, -0.25) is 5.32 Å². The summed E-state index contributed by atoms with van der Waals surface area (Å²) >= 11 is 0. The first kappa shape index (κ1) is 6.99. The van der Waals surface area contributed by atoms with Crippen LogP contribution in [0.1, 0.15) is 12.8 Å². The average molecular weight is 131 g/mol. The molecular formula is C6H13NO2. The minimum absolute atomic E-state index is 0.0717. The fraction of sp³-hybridized carbons (Fsp3) is 1.00. The van der Waals surface area contributed by atoms with E-state index in [2.05, 4.69) is 5.32 Å². The van der Waals surface area contributed by atoms with Crippen LogP contribution in [-0.4, -0.2) is 31.1 Å². The molecule has 2 unspecified atom stereocenters. The van der Waals surface area contributed by atoms with Crippen LogP contribution in [0.3, 0.4) is 0 Å². The van der Waals surface area contributed by atoms with E-state index >= 15 is 0 Å². The monoisotopic (exact) mass is 131 g/mol. The summed E-state index contributed by atoms with van der Waals surface area (Å²) in [5, 5.41) is 11.6. The Kier molecular flexibility index (Phi) is 2.45. The van der Waals surface area contributed by atoms with Crippen LogP contribution in [0.5, 0.6) is 0 Å². The third-order valence-electron chi connectivity index (χ3n) is 1.63. The third-order valence-corrected chi connectivity index (χ3v) is 1.63. The van der Waals surface area contributed by atoms with E-state index in [-0.39, 0.29) is 18.9 Å². The molecular weight excluding hydrogens is 118 g/mol. The Bertz CT molecular complexity index is 77.1. The maximum atomic E-state index is 8.63. The Balaban J connectivity index is 2.20. The first-order valence-electron chi connectivity index (χ1n) is 3.30. The molecule has 0 amide bonds. The van der Waals surface area contributed by atoms with Crippen molar-refractivity contribution in [2.24, 2.45) is 0 Å². The van der Waals surface area contributed by atoms with Crippen molar-refractivity contribution < 1.29 is 9.84 Å². The second-order valence-electron chi connectivity index (χ2n) is 2.30. The maximum Gasteiger partial charge on any atom is 0.108 e. The number of nitrogens with one attached hydrogen (secondary N) is 1. The summed E-state index contributed by atoms with van der Waals surface area (Å²) in [4.78, 5) is 0. The zero-order valence-electron chi connectivity index (χ0n) is 5.63. The Morgan fingerprint density at radius 2 is 2.44 bits per heavy atom. The molecule has 0 aromatic heterocycles. The van der Waals surface area contributed by atoms with Gasteiger partial charge in [-0.2, -0.15) is 0 Å². The van der Waals surface area contributed by atoms with E-state index in [0.29, 0.717) is 0 Å². The highest BCUT2D eigenvalue weighted by Crippen LogP contribution is 2.16. The van der Waals surface area contributed by atoms with Crippen molar-refractivity contribution in [3.63, 3.8) is 0 Å². The summed E-state index contributed by atoms with van der Waals surface area (Å²) in [6.45, 7) is 0.151. The summed E-state index contributed by atoms with van der Waals surface area (Å²) in [6.07, 6.45) is 2.23. The van der Waals surface area contributed by atoms with Gasteiger partial charge in [-0.05, 0) is 19.9 Å². The van der Waals surface area contributed by atoms with Crippen molar-refractivity contribution in [2.45, 2.75) is 25.2 Å². The maximum absolute atomic E-state index is 8.63. The predicted octanol–water partition coefficient (Wildman–Crippen LogP) is -0.297. The second-order valence-corrected chi connectivity index (χ2v) is 2.30. The zero-order chi connectivity index (χ0) is 6.69. The molecule has 0 saturated carbocycles. The first-order chi connectivity index (χ1) is 4.36. The van der Waals surface area contributed by atoms with Gasteiger partial charge in [0.25, 0.3) is 0 Å². The molecule has 1 saturated heterocycles. The van der Waals surface area contributed by atoms with Gasteiger partial charge in [0.05, 0.1) is 12.7 Å². The number of aliphatic hydroxyl groups excluding tert-OH is 1. The minimum atomic E-state index is 0.0717. The number of aliphatic hydroxyl groups is 1. The molecule has 1 aliphatic heterocycles. The van der Waals surface area contributed by atoms with Crippen molar-refractivity contribution in [2.75, 3.05) is 13.7 Å². The summed E-state index contributed by atoms with van der Waals surface area (Å²) in [5.41, 5.74) is 0. The van der Waals surface area contributed by atoms with E-state index in [9.17, 15) is 0 Å². The molecule has 1 fully saturated rings. The number of hydrogen-bond donors (Lipinski definition) is 2. The molecule has 1 heterocycles. The van der Waals surface area contributed by atoms with Crippen LogP contribution in [0.4, 0.5) is 0 Å².